The number of hydrogen-bond acceptors (Lipinski definition) is 5. The molecule has 2 aromatic carbocycles. The summed E-state index contributed by atoms with van der Waals surface area (Å²) in [4.78, 5) is -0.00370. The van der Waals surface area contributed by atoms with Crippen molar-refractivity contribution in [3.8, 4) is 23.8 Å². The van der Waals surface area contributed by atoms with Gasteiger partial charge in [-0.2, -0.15) is 10.5 Å². The second-order valence-corrected chi connectivity index (χ2v) is 7.89. The summed E-state index contributed by atoms with van der Waals surface area (Å²) in [5.41, 5.74) is 0.312. The van der Waals surface area contributed by atoms with Crippen LogP contribution in [-0.4, -0.2) is 21.4 Å². The number of benzene rings is 2. The molecule has 0 saturated heterocycles. The molecule has 138 valence electrons. The lowest BCUT2D eigenvalue weighted by molar-refractivity contribution is 0.0907. The first-order valence-electron chi connectivity index (χ1n) is 7.66. The highest BCUT2D eigenvalue weighted by atomic mass is 32.2. The zero-order valence-electron chi connectivity index (χ0n) is 13.8. The predicted molar refractivity (Wildman–Crippen MR) is 93.5 cm³/mol. The fourth-order valence-corrected chi connectivity index (χ4v) is 4.11. The summed E-state index contributed by atoms with van der Waals surface area (Å²) < 4.78 is 48.0. The lowest BCUT2D eigenvalue weighted by Crippen LogP contribution is -2.20. The fraction of sp³-hybridized carbons (Fsp3) is 0.167. The minimum Gasteiger partial charge on any atom is -0.457 e. The Balaban J connectivity index is 2.12. The van der Waals surface area contributed by atoms with Crippen molar-refractivity contribution in [3.63, 3.8) is 0 Å². The number of nitrogens with zero attached hydrogens (tertiary/aromatic N) is 2. The summed E-state index contributed by atoms with van der Waals surface area (Å²) >= 11 is 0. The van der Waals surface area contributed by atoms with Crippen LogP contribution in [0.5, 0.6) is 11.5 Å². The van der Waals surface area contributed by atoms with E-state index in [9.17, 15) is 18.1 Å². The van der Waals surface area contributed by atoms with Gasteiger partial charge in [-0.05, 0) is 30.1 Å². The van der Waals surface area contributed by atoms with E-state index < -0.39 is 27.8 Å². The second-order valence-electron chi connectivity index (χ2n) is 5.90. The maximum Gasteiger partial charge on any atom is 0.189 e. The molecule has 3 unspecified atom stereocenters. The number of halogens is 2. The lowest BCUT2D eigenvalue weighted by atomic mass is 10.1. The van der Waals surface area contributed by atoms with Crippen molar-refractivity contribution in [3.05, 3.63) is 52.8 Å². The Morgan fingerprint density at radius 3 is 2.74 bits per heavy atom. The van der Waals surface area contributed by atoms with Crippen LogP contribution in [-0.2, 0) is 16.1 Å². The molecule has 0 heterocycles. The molecule has 0 amide bonds. The summed E-state index contributed by atoms with van der Waals surface area (Å²) in [7, 11) is -3.30. The van der Waals surface area contributed by atoms with Gasteiger partial charge < -0.3 is 9.84 Å². The molecular weight excluding hydrogens is 376 g/mol. The highest BCUT2D eigenvalue weighted by Crippen LogP contribution is 2.43. The van der Waals surface area contributed by atoms with E-state index in [1.165, 1.54) is 24.4 Å². The van der Waals surface area contributed by atoms with Gasteiger partial charge in [0, 0.05) is 23.6 Å². The summed E-state index contributed by atoms with van der Waals surface area (Å²) in [6.07, 6.45) is -1.92. The molecule has 1 aliphatic rings. The van der Waals surface area contributed by atoms with Crippen LogP contribution in [0.3, 0.4) is 0 Å². The minimum atomic E-state index is -3.30. The Kier molecular flexibility index (Phi) is 4.75. The van der Waals surface area contributed by atoms with Crippen LogP contribution in [0.4, 0.5) is 8.78 Å². The van der Waals surface area contributed by atoms with Crippen LogP contribution < -0.4 is 9.46 Å². The first kappa shape index (κ1) is 18.6. The summed E-state index contributed by atoms with van der Waals surface area (Å²) in [5, 5.41) is 27.9. The minimum absolute atomic E-state index is 0.00370. The number of rotatable bonds is 4. The number of hydrogen-bond donors (Lipinski definition) is 2. The van der Waals surface area contributed by atoms with E-state index in [4.69, 9.17) is 15.3 Å². The number of aliphatic hydroxyl groups excluding tert-OH is 1. The zero-order chi connectivity index (χ0) is 19.8. The SMILES string of the molecule is C=S(=O)(NC#N)c1ccc(Oc2cc(F)cc(C#N)c2)c2c1C(O)C(F)C2. The molecule has 2 aromatic rings. The van der Waals surface area contributed by atoms with Crippen LogP contribution in [0, 0.1) is 28.6 Å². The molecule has 2 N–H and O–H groups in total. The van der Waals surface area contributed by atoms with E-state index in [2.05, 4.69) is 10.6 Å². The van der Waals surface area contributed by atoms with Crippen LogP contribution in [0.15, 0.2) is 35.2 Å². The van der Waals surface area contributed by atoms with Gasteiger partial charge in [-0.25, -0.2) is 17.7 Å². The summed E-state index contributed by atoms with van der Waals surface area (Å²) in [6, 6.07) is 7.88. The normalized spacial score (nSPS) is 20.0. The van der Waals surface area contributed by atoms with Gasteiger partial charge in [0.1, 0.15) is 29.6 Å². The lowest BCUT2D eigenvalue weighted by Gasteiger charge is -2.17. The van der Waals surface area contributed by atoms with E-state index in [1.54, 1.807) is 6.07 Å². The van der Waals surface area contributed by atoms with Crippen LogP contribution in [0.1, 0.15) is 22.8 Å². The van der Waals surface area contributed by atoms with Gasteiger partial charge in [-0.15, -0.1) is 0 Å². The van der Waals surface area contributed by atoms with E-state index in [1.807, 2.05) is 0 Å². The van der Waals surface area contributed by atoms with Crippen LogP contribution in [0.2, 0.25) is 0 Å². The topological polar surface area (TPSA) is 106 Å². The van der Waals surface area contributed by atoms with Crippen molar-refractivity contribution in [1.82, 2.24) is 4.72 Å². The molecule has 0 spiro atoms. The molecule has 6 nitrogen and oxygen atoms in total. The van der Waals surface area contributed by atoms with Gasteiger partial charge in [0.2, 0.25) is 0 Å². The standard InChI is InChI=1S/C18H13F2N3O3S/c1-27(25,23-9-22)16-3-2-15(13-7-14(20)18(24)17(13)16)26-12-5-10(8-21)4-11(19)6-12/h2-6,14,18,24H,1,7H2,(H,23,25). The smallest absolute Gasteiger partial charge is 0.189 e. The maximum absolute atomic E-state index is 14.2. The predicted octanol–water partition coefficient (Wildman–Crippen LogP) is 2.48. The van der Waals surface area contributed by atoms with Crippen molar-refractivity contribution in [2.75, 3.05) is 0 Å². The molecule has 3 atom stereocenters. The quantitative estimate of drug-likeness (QED) is 0.475. The third kappa shape index (κ3) is 3.43. The third-order valence-corrected chi connectivity index (χ3v) is 5.59. The Bertz CT molecular complexity index is 1100. The van der Waals surface area contributed by atoms with Gasteiger partial charge in [0.15, 0.2) is 6.19 Å². The highest BCUT2D eigenvalue weighted by molar-refractivity contribution is 7.98. The second kappa shape index (κ2) is 6.88. The van der Waals surface area contributed by atoms with Gasteiger partial charge >= 0.3 is 0 Å². The average Bonchev–Trinajstić information content (AvgIpc) is 2.90. The van der Waals surface area contributed by atoms with Gasteiger partial charge in [0.05, 0.1) is 26.2 Å². The first-order valence-corrected chi connectivity index (χ1v) is 9.39. The molecule has 0 aromatic heterocycles. The van der Waals surface area contributed by atoms with Crippen molar-refractivity contribution in [2.45, 2.75) is 23.6 Å². The van der Waals surface area contributed by atoms with Gasteiger partial charge in [0.25, 0.3) is 0 Å². The molecule has 0 aliphatic heterocycles. The number of nitriles is 2. The van der Waals surface area contributed by atoms with Crippen molar-refractivity contribution in [2.24, 2.45) is 0 Å². The Morgan fingerprint density at radius 2 is 2.07 bits per heavy atom. The summed E-state index contributed by atoms with van der Waals surface area (Å²) in [6.45, 7) is 0. The monoisotopic (exact) mass is 389 g/mol. The molecule has 3 rings (SSSR count). The molecular formula is C18H13F2N3O3S. The molecule has 0 radical (unpaired) electrons. The number of fused-ring (bicyclic) bond motifs is 1. The first-order chi connectivity index (χ1) is 12.8. The van der Waals surface area contributed by atoms with E-state index in [0.29, 0.717) is 0 Å². The molecule has 0 saturated carbocycles. The maximum atomic E-state index is 14.2. The number of ether oxygens (including phenoxy) is 1. The molecule has 1 aliphatic carbocycles. The van der Waals surface area contributed by atoms with Gasteiger partial charge in [-0.3, -0.25) is 0 Å². The van der Waals surface area contributed by atoms with Crippen molar-refractivity contribution < 1.29 is 22.8 Å². The number of nitrogens with one attached hydrogen (secondary N) is 1. The Morgan fingerprint density at radius 1 is 1.33 bits per heavy atom. The van der Waals surface area contributed by atoms with E-state index in [-0.39, 0.29) is 39.5 Å². The van der Waals surface area contributed by atoms with Crippen LogP contribution in [0.25, 0.3) is 0 Å². The number of alkyl halides is 1. The zero-order valence-corrected chi connectivity index (χ0v) is 14.6. The fourth-order valence-electron chi connectivity index (χ4n) is 2.97. The molecule has 0 fully saturated rings. The van der Waals surface area contributed by atoms with E-state index in [0.717, 1.165) is 12.1 Å². The van der Waals surface area contributed by atoms with Crippen molar-refractivity contribution >= 4 is 15.6 Å². The average molecular weight is 389 g/mol. The largest absolute Gasteiger partial charge is 0.457 e. The third-order valence-electron chi connectivity index (χ3n) is 4.11. The molecule has 9 heteroatoms. The molecule has 0 bridgehead atoms. The highest BCUT2D eigenvalue weighted by Gasteiger charge is 2.37. The Hall–Kier alpha value is -3.14. The number of aliphatic hydroxyl groups is 1. The molecule has 27 heavy (non-hydrogen) atoms. The van der Waals surface area contributed by atoms with Crippen molar-refractivity contribution in [1.29, 1.82) is 10.5 Å². The Labute approximate surface area is 154 Å². The van der Waals surface area contributed by atoms with E-state index >= 15 is 0 Å². The van der Waals surface area contributed by atoms with Gasteiger partial charge in [-0.1, -0.05) is 0 Å². The van der Waals surface area contributed by atoms with Crippen LogP contribution >= 0.6 is 0 Å². The summed E-state index contributed by atoms with van der Waals surface area (Å²) in [5.74, 6) is 2.91.